The lowest BCUT2D eigenvalue weighted by molar-refractivity contribution is -0.153. The Labute approximate surface area is 90.9 Å². The highest BCUT2D eigenvalue weighted by Crippen LogP contribution is 2.12. The van der Waals surface area contributed by atoms with Crippen molar-refractivity contribution in [3.63, 3.8) is 0 Å². The predicted octanol–water partition coefficient (Wildman–Crippen LogP) is 0.0901. The molecule has 1 atom stereocenters. The summed E-state index contributed by atoms with van der Waals surface area (Å²) in [6, 6.07) is 0. The highest BCUT2D eigenvalue weighted by atomic mass is 32.2. The Morgan fingerprint density at radius 2 is 1.87 bits per heavy atom. The maximum absolute atomic E-state index is 11.5. The van der Waals surface area contributed by atoms with Gasteiger partial charge in [-0.25, -0.2) is 8.42 Å². The van der Waals surface area contributed by atoms with Gasteiger partial charge in [0.1, 0.15) is 5.60 Å². The largest absolute Gasteiger partial charge is 0.459 e. The maximum atomic E-state index is 11.5. The molecule has 0 rings (SSSR count). The summed E-state index contributed by atoms with van der Waals surface area (Å²) in [6.45, 7) is 6.39. The standard InChI is InChI=1S/C9H19NO4S/c1-7(15(12,13)6-5-10)8(11)14-9(2,3)4/h7H,5-6,10H2,1-4H3/t7-/m0/s1. The van der Waals surface area contributed by atoms with E-state index in [4.69, 9.17) is 10.5 Å². The number of ether oxygens (including phenoxy) is 1. The summed E-state index contributed by atoms with van der Waals surface area (Å²) in [7, 11) is -3.48. The quantitative estimate of drug-likeness (QED) is 0.700. The first-order chi connectivity index (χ1) is 6.60. The lowest BCUT2D eigenvalue weighted by Crippen LogP contribution is -2.37. The minimum absolute atomic E-state index is 0.00940. The molecular weight excluding hydrogens is 218 g/mol. The van der Waals surface area contributed by atoms with Gasteiger partial charge in [0.2, 0.25) is 0 Å². The molecule has 0 amide bonds. The van der Waals surface area contributed by atoms with Gasteiger partial charge < -0.3 is 10.5 Å². The Morgan fingerprint density at radius 1 is 1.40 bits per heavy atom. The van der Waals surface area contributed by atoms with Crippen LogP contribution in [0.5, 0.6) is 0 Å². The van der Waals surface area contributed by atoms with Crippen molar-refractivity contribution in [1.82, 2.24) is 0 Å². The molecule has 0 aromatic rings. The van der Waals surface area contributed by atoms with Gasteiger partial charge in [0.25, 0.3) is 0 Å². The molecule has 90 valence electrons. The van der Waals surface area contributed by atoms with Crippen molar-refractivity contribution in [3.8, 4) is 0 Å². The van der Waals surface area contributed by atoms with Gasteiger partial charge in [0.05, 0.1) is 5.75 Å². The second-order valence-corrected chi connectivity index (χ2v) is 6.77. The first-order valence-electron chi connectivity index (χ1n) is 4.74. The number of sulfone groups is 1. The zero-order valence-corrected chi connectivity index (χ0v) is 10.4. The summed E-state index contributed by atoms with van der Waals surface area (Å²) in [4.78, 5) is 11.4. The van der Waals surface area contributed by atoms with E-state index < -0.39 is 26.7 Å². The SMILES string of the molecule is C[C@@H](C(=O)OC(C)(C)C)S(=O)(=O)CCN. The predicted molar refractivity (Wildman–Crippen MR) is 58.1 cm³/mol. The molecule has 0 saturated heterocycles. The van der Waals surface area contributed by atoms with Crippen LogP contribution in [-0.2, 0) is 19.4 Å². The van der Waals surface area contributed by atoms with Crippen molar-refractivity contribution < 1.29 is 17.9 Å². The molecule has 6 heteroatoms. The number of carbonyl (C=O) groups is 1. The number of carbonyl (C=O) groups excluding carboxylic acids is 1. The fourth-order valence-electron chi connectivity index (χ4n) is 0.872. The van der Waals surface area contributed by atoms with Crippen LogP contribution in [0, 0.1) is 0 Å². The lowest BCUT2D eigenvalue weighted by Gasteiger charge is -2.22. The fourth-order valence-corrected chi connectivity index (χ4v) is 1.90. The van der Waals surface area contributed by atoms with Gasteiger partial charge in [-0.2, -0.15) is 0 Å². The van der Waals surface area contributed by atoms with Crippen molar-refractivity contribution in [3.05, 3.63) is 0 Å². The normalized spacial score (nSPS) is 14.7. The van der Waals surface area contributed by atoms with E-state index >= 15 is 0 Å². The first-order valence-corrected chi connectivity index (χ1v) is 6.46. The van der Waals surface area contributed by atoms with Crippen molar-refractivity contribution in [2.24, 2.45) is 5.73 Å². The van der Waals surface area contributed by atoms with E-state index in [2.05, 4.69) is 0 Å². The second kappa shape index (κ2) is 4.94. The Hall–Kier alpha value is -0.620. The zero-order chi connectivity index (χ0) is 12.3. The van der Waals surface area contributed by atoms with Crippen LogP contribution in [0.15, 0.2) is 0 Å². The number of hydrogen-bond donors (Lipinski definition) is 1. The molecule has 0 aliphatic carbocycles. The van der Waals surface area contributed by atoms with Gasteiger partial charge >= 0.3 is 5.97 Å². The van der Waals surface area contributed by atoms with Gasteiger partial charge in [0, 0.05) is 6.54 Å². The molecular formula is C9H19NO4S. The Balaban J connectivity index is 4.59. The number of nitrogens with two attached hydrogens (primary N) is 1. The molecule has 0 heterocycles. The van der Waals surface area contributed by atoms with Crippen LogP contribution in [0.2, 0.25) is 0 Å². The van der Waals surface area contributed by atoms with E-state index in [-0.39, 0.29) is 12.3 Å². The van der Waals surface area contributed by atoms with E-state index in [1.165, 1.54) is 6.92 Å². The average Bonchev–Trinajstić information content (AvgIpc) is 1.99. The molecule has 0 aliphatic rings. The molecule has 0 aromatic carbocycles. The van der Waals surface area contributed by atoms with Crippen LogP contribution >= 0.6 is 0 Å². The minimum Gasteiger partial charge on any atom is -0.459 e. The van der Waals surface area contributed by atoms with E-state index in [0.29, 0.717) is 0 Å². The van der Waals surface area contributed by atoms with Gasteiger partial charge in [-0.05, 0) is 27.7 Å². The molecule has 0 fully saturated rings. The molecule has 15 heavy (non-hydrogen) atoms. The van der Waals surface area contributed by atoms with Crippen molar-refractivity contribution >= 4 is 15.8 Å². The molecule has 2 N–H and O–H groups in total. The summed E-state index contributed by atoms with van der Waals surface area (Å²) in [6.07, 6.45) is 0. The maximum Gasteiger partial charge on any atom is 0.324 e. The summed E-state index contributed by atoms with van der Waals surface area (Å²) in [5.74, 6) is -0.927. The van der Waals surface area contributed by atoms with Crippen molar-refractivity contribution in [2.75, 3.05) is 12.3 Å². The molecule has 5 nitrogen and oxygen atoms in total. The van der Waals surface area contributed by atoms with Crippen LogP contribution < -0.4 is 5.73 Å². The van der Waals surface area contributed by atoms with E-state index in [0.717, 1.165) is 0 Å². The Kier molecular flexibility index (Phi) is 4.73. The molecule has 0 radical (unpaired) electrons. The highest BCUT2D eigenvalue weighted by Gasteiger charge is 2.31. The van der Waals surface area contributed by atoms with Crippen LogP contribution in [-0.4, -0.2) is 37.5 Å². The van der Waals surface area contributed by atoms with E-state index in [1.807, 2.05) is 0 Å². The summed E-state index contributed by atoms with van der Waals surface area (Å²) >= 11 is 0. The lowest BCUT2D eigenvalue weighted by atomic mass is 10.2. The Morgan fingerprint density at radius 3 is 2.20 bits per heavy atom. The van der Waals surface area contributed by atoms with Crippen LogP contribution in [0.25, 0.3) is 0 Å². The van der Waals surface area contributed by atoms with E-state index in [9.17, 15) is 13.2 Å². The molecule has 0 spiro atoms. The van der Waals surface area contributed by atoms with Crippen molar-refractivity contribution in [2.45, 2.75) is 38.5 Å². The molecule has 0 saturated carbocycles. The number of esters is 1. The minimum atomic E-state index is -3.48. The van der Waals surface area contributed by atoms with Crippen LogP contribution in [0.3, 0.4) is 0 Å². The molecule has 0 unspecified atom stereocenters. The van der Waals surface area contributed by atoms with Crippen LogP contribution in [0.1, 0.15) is 27.7 Å². The zero-order valence-electron chi connectivity index (χ0n) is 9.61. The smallest absolute Gasteiger partial charge is 0.324 e. The number of hydrogen-bond acceptors (Lipinski definition) is 5. The molecule has 0 aliphatic heterocycles. The topological polar surface area (TPSA) is 86.5 Å². The summed E-state index contributed by atoms with van der Waals surface area (Å²) in [5, 5.41) is -1.15. The highest BCUT2D eigenvalue weighted by molar-refractivity contribution is 7.92. The summed E-state index contributed by atoms with van der Waals surface area (Å²) < 4.78 is 27.9. The first kappa shape index (κ1) is 14.4. The van der Waals surface area contributed by atoms with Gasteiger partial charge in [-0.15, -0.1) is 0 Å². The second-order valence-electron chi connectivity index (χ2n) is 4.33. The third kappa shape index (κ3) is 5.13. The van der Waals surface area contributed by atoms with Crippen LogP contribution in [0.4, 0.5) is 0 Å². The fraction of sp³-hybridized carbons (Fsp3) is 0.889. The Bertz CT molecular complexity index is 315. The molecule has 0 aromatic heterocycles. The number of rotatable bonds is 4. The monoisotopic (exact) mass is 237 g/mol. The van der Waals surface area contributed by atoms with E-state index in [1.54, 1.807) is 20.8 Å². The van der Waals surface area contributed by atoms with Gasteiger partial charge in [0.15, 0.2) is 15.1 Å². The van der Waals surface area contributed by atoms with Gasteiger partial charge in [-0.3, -0.25) is 4.79 Å². The summed E-state index contributed by atoms with van der Waals surface area (Å²) in [5.41, 5.74) is 4.47. The third-order valence-corrected chi connectivity index (χ3v) is 3.75. The van der Waals surface area contributed by atoms with Gasteiger partial charge in [-0.1, -0.05) is 0 Å². The average molecular weight is 237 g/mol. The third-order valence-electron chi connectivity index (χ3n) is 1.68. The van der Waals surface area contributed by atoms with Crippen molar-refractivity contribution in [1.29, 1.82) is 0 Å². The molecule has 0 bridgehead atoms.